The molecule has 1 aromatic carbocycles. The van der Waals surface area contributed by atoms with Crippen LogP contribution in [-0.4, -0.2) is 67.0 Å². The van der Waals surface area contributed by atoms with Gasteiger partial charge in [-0.2, -0.15) is 0 Å². The van der Waals surface area contributed by atoms with E-state index in [4.69, 9.17) is 4.74 Å². The Labute approximate surface area is 153 Å². The Morgan fingerprint density at radius 3 is 2.62 bits per heavy atom. The van der Waals surface area contributed by atoms with Gasteiger partial charge in [-0.25, -0.2) is 4.79 Å². The quantitative estimate of drug-likeness (QED) is 0.823. The van der Waals surface area contributed by atoms with Crippen LogP contribution in [0.25, 0.3) is 0 Å². The van der Waals surface area contributed by atoms with Gasteiger partial charge in [0.1, 0.15) is 24.2 Å². The second kappa shape index (κ2) is 6.44. The van der Waals surface area contributed by atoms with E-state index in [0.717, 1.165) is 24.5 Å². The predicted octanol–water partition coefficient (Wildman–Crippen LogP) is 0.607. The molecule has 3 fully saturated rings. The monoisotopic (exact) mass is 359 g/mol. The average molecular weight is 359 g/mol. The summed E-state index contributed by atoms with van der Waals surface area (Å²) in [6, 6.07) is 7.28. The van der Waals surface area contributed by atoms with Crippen LogP contribution in [0.1, 0.15) is 13.8 Å². The fraction of sp³-hybridized carbons (Fsp3) is 0.556. The topological polar surface area (TPSA) is 77.2 Å². The normalized spacial score (nSPS) is 31.5. The van der Waals surface area contributed by atoms with Crippen LogP contribution in [0, 0.1) is 5.92 Å². The molecule has 0 aliphatic carbocycles. The van der Waals surface area contributed by atoms with E-state index in [1.807, 2.05) is 31.2 Å². The zero-order valence-corrected chi connectivity index (χ0v) is 15.3. The number of ether oxygens (including phenoxy) is 1. The first-order valence-electron chi connectivity index (χ1n) is 9.08. The first-order chi connectivity index (χ1) is 12.5. The molecule has 8 nitrogen and oxygen atoms in total. The molecule has 3 aliphatic heterocycles. The maximum absolute atomic E-state index is 12.5. The minimum atomic E-state index is -0.379. The number of hydrogen-bond donors (Lipinski definition) is 2. The molecular weight excluding hydrogens is 334 g/mol. The third-order valence-electron chi connectivity index (χ3n) is 5.33. The van der Waals surface area contributed by atoms with Gasteiger partial charge >= 0.3 is 6.03 Å². The molecule has 26 heavy (non-hydrogen) atoms. The Morgan fingerprint density at radius 2 is 1.92 bits per heavy atom. The number of fused-ring (bicyclic) bond motifs is 3. The number of amides is 3. The zero-order valence-electron chi connectivity index (χ0n) is 15.3. The van der Waals surface area contributed by atoms with Crippen LogP contribution in [0.3, 0.4) is 0 Å². The van der Waals surface area contributed by atoms with Crippen LogP contribution in [0.15, 0.2) is 24.3 Å². The molecule has 0 bridgehead atoms. The van der Waals surface area contributed by atoms with Crippen molar-refractivity contribution >= 4 is 17.6 Å². The van der Waals surface area contributed by atoms with E-state index < -0.39 is 0 Å². The third kappa shape index (κ3) is 2.69. The Morgan fingerprint density at radius 1 is 1.19 bits per heavy atom. The molecule has 4 unspecified atom stereocenters. The molecule has 0 saturated carbocycles. The summed E-state index contributed by atoms with van der Waals surface area (Å²) in [7, 11) is 1.72. The van der Waals surface area contributed by atoms with Crippen molar-refractivity contribution in [3.63, 3.8) is 0 Å². The molecule has 4 rings (SSSR count). The summed E-state index contributed by atoms with van der Waals surface area (Å²) in [6.07, 6.45) is -0.449. The molecule has 3 heterocycles. The summed E-state index contributed by atoms with van der Waals surface area (Å²) in [5.41, 5.74) is 1.07. The number of carbonyl (C=O) groups is 2. The molecule has 3 aliphatic rings. The van der Waals surface area contributed by atoms with Gasteiger partial charge in [0.05, 0.1) is 6.61 Å². The molecule has 0 radical (unpaired) electrons. The van der Waals surface area contributed by atoms with Gasteiger partial charge in [0.15, 0.2) is 0 Å². The molecule has 3 amide bonds. The van der Waals surface area contributed by atoms with Crippen LogP contribution in [0.5, 0.6) is 5.75 Å². The highest BCUT2D eigenvalue weighted by Crippen LogP contribution is 2.33. The second-order valence-corrected chi connectivity index (χ2v) is 7.22. The van der Waals surface area contributed by atoms with Gasteiger partial charge < -0.3 is 14.5 Å². The van der Waals surface area contributed by atoms with Crippen LogP contribution in [-0.2, 0) is 4.79 Å². The number of anilines is 1. The van der Waals surface area contributed by atoms with E-state index in [0.29, 0.717) is 12.5 Å². The lowest BCUT2D eigenvalue weighted by Gasteiger charge is -2.45. The fourth-order valence-electron chi connectivity index (χ4n) is 4.17. The molecule has 0 aromatic heterocycles. The van der Waals surface area contributed by atoms with Crippen LogP contribution >= 0.6 is 0 Å². The second-order valence-electron chi connectivity index (χ2n) is 7.22. The lowest BCUT2D eigenvalue weighted by atomic mass is 10.0. The van der Waals surface area contributed by atoms with Gasteiger partial charge in [0, 0.05) is 25.8 Å². The van der Waals surface area contributed by atoms with E-state index in [9.17, 15) is 9.59 Å². The van der Waals surface area contributed by atoms with Crippen molar-refractivity contribution < 1.29 is 14.3 Å². The molecule has 8 heteroatoms. The van der Waals surface area contributed by atoms with Crippen molar-refractivity contribution in [2.75, 3.05) is 31.6 Å². The lowest BCUT2D eigenvalue weighted by molar-refractivity contribution is -0.128. The molecule has 2 N–H and O–H groups in total. The van der Waals surface area contributed by atoms with E-state index in [2.05, 4.69) is 27.4 Å². The standard InChI is InChI=1S/C18H25N5O3/c1-4-26-13-7-5-12(6-8-13)22-9-11(2)10-23-14-15(19-17(22)23)21(3)18(25)20-16(14)24/h5-8,11,14-15,17,19H,4,9-10H2,1-3H3,(H,20,24,25). The SMILES string of the molecule is CCOc1ccc(N2CC(C)CN3C4C(=O)NC(=O)N(C)C4NC23)cc1. The van der Waals surface area contributed by atoms with Gasteiger partial charge in [-0.15, -0.1) is 0 Å². The number of nitrogens with one attached hydrogen (secondary N) is 2. The molecular formula is C18H25N5O3. The highest BCUT2D eigenvalue weighted by molar-refractivity contribution is 6.00. The zero-order chi connectivity index (χ0) is 18.4. The summed E-state index contributed by atoms with van der Waals surface area (Å²) < 4.78 is 5.53. The molecule has 4 atom stereocenters. The van der Waals surface area contributed by atoms with Crippen molar-refractivity contribution in [2.45, 2.75) is 32.3 Å². The fourth-order valence-corrected chi connectivity index (χ4v) is 4.17. The smallest absolute Gasteiger partial charge is 0.325 e. The molecule has 0 spiro atoms. The lowest BCUT2D eigenvalue weighted by Crippen LogP contribution is -2.65. The number of benzene rings is 1. The summed E-state index contributed by atoms with van der Waals surface area (Å²) in [6.45, 7) is 6.46. The summed E-state index contributed by atoms with van der Waals surface area (Å²) >= 11 is 0. The molecule has 1 aromatic rings. The van der Waals surface area contributed by atoms with Gasteiger partial charge in [-0.3, -0.25) is 20.3 Å². The van der Waals surface area contributed by atoms with E-state index in [-0.39, 0.29) is 30.4 Å². The Balaban J connectivity index is 1.63. The van der Waals surface area contributed by atoms with Gasteiger partial charge in [0.25, 0.3) is 0 Å². The molecule has 140 valence electrons. The number of urea groups is 1. The molecule has 3 saturated heterocycles. The highest BCUT2D eigenvalue weighted by atomic mass is 16.5. The number of imide groups is 1. The number of rotatable bonds is 3. The van der Waals surface area contributed by atoms with E-state index in [1.165, 1.54) is 0 Å². The minimum absolute atomic E-state index is 0.127. The van der Waals surface area contributed by atoms with Crippen molar-refractivity contribution in [3.05, 3.63) is 24.3 Å². The predicted molar refractivity (Wildman–Crippen MR) is 96.6 cm³/mol. The highest BCUT2D eigenvalue weighted by Gasteiger charge is 2.54. The van der Waals surface area contributed by atoms with Crippen molar-refractivity contribution in [1.29, 1.82) is 0 Å². The van der Waals surface area contributed by atoms with Crippen LogP contribution in [0.4, 0.5) is 10.5 Å². The van der Waals surface area contributed by atoms with Gasteiger partial charge in [-0.1, -0.05) is 6.92 Å². The van der Waals surface area contributed by atoms with Gasteiger partial charge in [0.2, 0.25) is 5.91 Å². The van der Waals surface area contributed by atoms with Crippen molar-refractivity contribution in [1.82, 2.24) is 20.4 Å². The average Bonchev–Trinajstić information content (AvgIpc) is 3.00. The first kappa shape index (κ1) is 17.1. The largest absolute Gasteiger partial charge is 0.494 e. The van der Waals surface area contributed by atoms with E-state index >= 15 is 0 Å². The Bertz CT molecular complexity index is 709. The third-order valence-corrected chi connectivity index (χ3v) is 5.33. The first-order valence-corrected chi connectivity index (χ1v) is 9.08. The maximum Gasteiger partial charge on any atom is 0.325 e. The Hall–Kier alpha value is -2.32. The summed E-state index contributed by atoms with van der Waals surface area (Å²) in [5.74, 6) is 1.01. The van der Waals surface area contributed by atoms with Crippen LogP contribution < -0.4 is 20.3 Å². The number of hydrogen-bond acceptors (Lipinski definition) is 6. The number of nitrogens with zero attached hydrogens (tertiary/aromatic N) is 3. The Kier molecular flexibility index (Phi) is 4.24. The minimum Gasteiger partial charge on any atom is -0.494 e. The van der Waals surface area contributed by atoms with Gasteiger partial charge in [-0.05, 0) is 37.1 Å². The van der Waals surface area contributed by atoms with Crippen LogP contribution in [0.2, 0.25) is 0 Å². The number of likely N-dealkylation sites (N-methyl/N-ethyl adjacent to an activating group) is 1. The van der Waals surface area contributed by atoms with Crippen molar-refractivity contribution in [3.8, 4) is 5.75 Å². The number of carbonyl (C=O) groups excluding carboxylic acids is 2. The van der Waals surface area contributed by atoms with E-state index in [1.54, 1.807) is 11.9 Å². The van der Waals surface area contributed by atoms with Crippen molar-refractivity contribution in [2.24, 2.45) is 5.92 Å². The summed E-state index contributed by atoms with van der Waals surface area (Å²) in [5, 5.41) is 5.93. The maximum atomic E-state index is 12.5. The summed E-state index contributed by atoms with van der Waals surface area (Å²) in [4.78, 5) is 30.4.